The molecule has 5 rings (SSSR count). The smallest absolute Gasteiger partial charge is 0.203 e. The molecule has 38 heavy (non-hydrogen) atoms. The second-order valence-electron chi connectivity index (χ2n) is 9.36. The molecule has 198 valence electrons. The summed E-state index contributed by atoms with van der Waals surface area (Å²) in [4.78, 5) is 19.0. The number of nitrogens with zero attached hydrogens (tertiary/aromatic N) is 1. The Morgan fingerprint density at radius 2 is 1.39 bits per heavy atom. The van der Waals surface area contributed by atoms with Crippen LogP contribution in [0, 0.1) is 5.92 Å². The Hall–Kier alpha value is -4.20. The number of carbonyl (C=O) groups excluding carboxylic acids is 1. The number of nitrogens with one attached hydrogen (secondary N) is 1. The molecule has 2 aliphatic rings. The highest BCUT2D eigenvalue weighted by Gasteiger charge is 2.42. The normalized spacial score (nSPS) is 20.2. The van der Waals surface area contributed by atoms with Crippen molar-refractivity contribution in [2.45, 2.75) is 24.8 Å². The van der Waals surface area contributed by atoms with Crippen LogP contribution in [0.4, 0.5) is 11.4 Å². The molecule has 3 atom stereocenters. The highest BCUT2D eigenvalue weighted by atomic mass is 16.5. The van der Waals surface area contributed by atoms with Gasteiger partial charge in [0.25, 0.3) is 0 Å². The number of hydrogen-bond acceptors (Lipinski definition) is 8. The van der Waals surface area contributed by atoms with Crippen LogP contribution >= 0.6 is 0 Å². The minimum absolute atomic E-state index is 0.0249. The van der Waals surface area contributed by atoms with Crippen LogP contribution in [0.25, 0.3) is 0 Å². The topological polar surface area (TPSA) is 87.6 Å². The maximum atomic E-state index is 13.9. The van der Waals surface area contributed by atoms with Crippen molar-refractivity contribution < 1.29 is 28.5 Å². The van der Waals surface area contributed by atoms with E-state index in [-0.39, 0.29) is 17.7 Å². The number of para-hydroxylation sites is 2. The second kappa shape index (κ2) is 10.7. The molecule has 0 aromatic heterocycles. The van der Waals surface area contributed by atoms with Crippen LogP contribution in [0.3, 0.4) is 0 Å². The Labute approximate surface area is 222 Å². The fourth-order valence-corrected chi connectivity index (χ4v) is 5.50. The fourth-order valence-electron chi connectivity index (χ4n) is 5.50. The monoisotopic (exact) mass is 516 g/mol. The summed E-state index contributed by atoms with van der Waals surface area (Å²) in [5.41, 5.74) is 4.39. The van der Waals surface area contributed by atoms with Crippen molar-refractivity contribution in [3.8, 4) is 28.7 Å². The van der Waals surface area contributed by atoms with E-state index in [2.05, 4.69) is 5.32 Å². The van der Waals surface area contributed by atoms with E-state index in [1.807, 2.05) is 54.6 Å². The summed E-state index contributed by atoms with van der Waals surface area (Å²) < 4.78 is 27.7. The van der Waals surface area contributed by atoms with Crippen LogP contribution in [-0.2, 0) is 4.79 Å². The van der Waals surface area contributed by atoms with E-state index in [4.69, 9.17) is 28.7 Å². The van der Waals surface area contributed by atoms with Gasteiger partial charge in [0, 0.05) is 12.1 Å². The molecule has 0 radical (unpaired) electrons. The zero-order chi connectivity index (χ0) is 26.8. The number of aliphatic imine (C=N–C) groups is 1. The Kier molecular flexibility index (Phi) is 7.13. The van der Waals surface area contributed by atoms with Crippen LogP contribution in [0.15, 0.2) is 59.6 Å². The predicted molar refractivity (Wildman–Crippen MR) is 146 cm³/mol. The van der Waals surface area contributed by atoms with Gasteiger partial charge >= 0.3 is 0 Å². The predicted octanol–water partition coefficient (Wildman–Crippen LogP) is 5.73. The number of methoxy groups -OCH3 is 5. The third-order valence-electron chi connectivity index (χ3n) is 7.35. The van der Waals surface area contributed by atoms with Gasteiger partial charge < -0.3 is 29.0 Å². The number of anilines is 1. The molecule has 0 unspecified atom stereocenters. The summed E-state index contributed by atoms with van der Waals surface area (Å²) in [6.45, 7) is 0. The first-order valence-electron chi connectivity index (χ1n) is 12.5. The summed E-state index contributed by atoms with van der Waals surface area (Å²) in [6.07, 6.45) is 1.03. The second-order valence-corrected chi connectivity index (χ2v) is 9.36. The fraction of sp³-hybridized carbons (Fsp3) is 0.333. The lowest BCUT2D eigenvalue weighted by Gasteiger charge is -2.34. The van der Waals surface area contributed by atoms with Crippen molar-refractivity contribution in [1.29, 1.82) is 0 Å². The summed E-state index contributed by atoms with van der Waals surface area (Å²) in [5.74, 6) is 2.51. The Bertz CT molecular complexity index is 1360. The third kappa shape index (κ3) is 4.51. The highest BCUT2D eigenvalue weighted by Crippen LogP contribution is 2.47. The molecule has 0 bridgehead atoms. The number of hydrogen-bond donors (Lipinski definition) is 1. The quantitative estimate of drug-likeness (QED) is 0.429. The minimum atomic E-state index is -0.457. The van der Waals surface area contributed by atoms with Crippen molar-refractivity contribution in [1.82, 2.24) is 0 Å². The lowest BCUT2D eigenvalue weighted by atomic mass is 9.72. The zero-order valence-corrected chi connectivity index (χ0v) is 22.2. The molecule has 1 aliphatic carbocycles. The Balaban J connectivity index is 1.59. The van der Waals surface area contributed by atoms with Crippen molar-refractivity contribution in [2.24, 2.45) is 10.9 Å². The maximum absolute atomic E-state index is 13.9. The van der Waals surface area contributed by atoms with Gasteiger partial charge in [-0.05, 0) is 59.9 Å². The molecule has 1 N–H and O–H groups in total. The van der Waals surface area contributed by atoms with Gasteiger partial charge in [-0.15, -0.1) is 0 Å². The summed E-state index contributed by atoms with van der Waals surface area (Å²) in [6, 6.07) is 17.1. The summed E-state index contributed by atoms with van der Waals surface area (Å²) in [5, 5.41) is 3.61. The van der Waals surface area contributed by atoms with Crippen molar-refractivity contribution in [3.05, 3.63) is 65.7 Å². The molecule has 8 nitrogen and oxygen atoms in total. The first-order valence-corrected chi connectivity index (χ1v) is 12.5. The van der Waals surface area contributed by atoms with Crippen LogP contribution in [0.1, 0.15) is 35.9 Å². The molecule has 8 heteroatoms. The molecule has 1 heterocycles. The van der Waals surface area contributed by atoms with Gasteiger partial charge in [0.15, 0.2) is 23.0 Å². The Morgan fingerprint density at radius 3 is 2.05 bits per heavy atom. The van der Waals surface area contributed by atoms with Crippen molar-refractivity contribution >= 4 is 22.9 Å². The molecule has 0 saturated heterocycles. The molecular formula is C30H32N2O6. The van der Waals surface area contributed by atoms with E-state index in [9.17, 15) is 4.79 Å². The van der Waals surface area contributed by atoms with E-state index in [1.165, 1.54) is 0 Å². The Morgan fingerprint density at radius 1 is 0.737 bits per heavy atom. The summed E-state index contributed by atoms with van der Waals surface area (Å²) >= 11 is 0. The first-order chi connectivity index (χ1) is 18.5. The molecule has 0 spiro atoms. The van der Waals surface area contributed by atoms with Crippen LogP contribution in [-0.4, -0.2) is 47.0 Å². The van der Waals surface area contributed by atoms with Crippen molar-refractivity contribution in [2.75, 3.05) is 40.9 Å². The van der Waals surface area contributed by atoms with Gasteiger partial charge in [-0.25, -0.2) is 0 Å². The first kappa shape index (κ1) is 25.4. The van der Waals surface area contributed by atoms with Gasteiger partial charge in [0.05, 0.1) is 58.9 Å². The highest BCUT2D eigenvalue weighted by molar-refractivity contribution is 6.11. The zero-order valence-electron chi connectivity index (χ0n) is 22.2. The van der Waals surface area contributed by atoms with Crippen LogP contribution in [0.5, 0.6) is 28.7 Å². The lowest BCUT2D eigenvalue weighted by Crippen LogP contribution is -2.38. The summed E-state index contributed by atoms with van der Waals surface area (Å²) in [7, 11) is 7.97. The van der Waals surface area contributed by atoms with E-state index in [0.29, 0.717) is 41.6 Å². The molecular weight excluding hydrogens is 484 g/mol. The number of fused-ring (bicyclic) bond motifs is 2. The molecule has 3 aromatic carbocycles. The average Bonchev–Trinajstić information content (AvgIpc) is 3.12. The van der Waals surface area contributed by atoms with E-state index < -0.39 is 5.92 Å². The standard InChI is InChI=1S/C30H32N2O6/c1-34-24-11-10-17(14-25(24)35-2)18-12-22-28(23(33)13-18)29(32-21-9-7-6-8-20(21)31-22)19-15-26(36-3)30(38-5)27(16-19)37-4/h6-11,14-16,18,28-29,32H,12-13H2,1-5H3/t18-,28-,29+/m0/s1. The van der Waals surface area contributed by atoms with Gasteiger partial charge in [-0.3, -0.25) is 9.79 Å². The molecule has 1 saturated carbocycles. The number of ketones is 1. The molecule has 3 aromatic rings. The van der Waals surface area contributed by atoms with Gasteiger partial charge in [-0.2, -0.15) is 0 Å². The minimum Gasteiger partial charge on any atom is -0.493 e. The lowest BCUT2D eigenvalue weighted by molar-refractivity contribution is -0.122. The number of Topliss-reactive ketones (excluding diaryl/α,β-unsaturated/α-hetero) is 1. The number of ether oxygens (including phenoxy) is 5. The van der Waals surface area contributed by atoms with Gasteiger partial charge in [0.2, 0.25) is 5.75 Å². The van der Waals surface area contributed by atoms with Crippen LogP contribution in [0.2, 0.25) is 0 Å². The number of benzene rings is 3. The van der Waals surface area contributed by atoms with E-state index >= 15 is 0 Å². The molecule has 1 fully saturated rings. The molecule has 0 amide bonds. The SMILES string of the molecule is COc1ccc([C@@H]2CC(=O)[C@@H]3C(=Nc4ccccc4N[C@@H]3c3cc(OC)c(OC)c(OC)c3)C2)cc1OC. The van der Waals surface area contributed by atoms with Crippen molar-refractivity contribution in [3.63, 3.8) is 0 Å². The van der Waals surface area contributed by atoms with Gasteiger partial charge in [0.1, 0.15) is 5.78 Å². The van der Waals surface area contributed by atoms with E-state index in [0.717, 1.165) is 28.2 Å². The number of rotatable bonds is 7. The van der Waals surface area contributed by atoms with Gasteiger partial charge in [-0.1, -0.05) is 18.2 Å². The average molecular weight is 517 g/mol. The molecule has 1 aliphatic heterocycles. The third-order valence-corrected chi connectivity index (χ3v) is 7.35. The van der Waals surface area contributed by atoms with Crippen LogP contribution < -0.4 is 29.0 Å². The largest absolute Gasteiger partial charge is 0.493 e. The van der Waals surface area contributed by atoms with E-state index in [1.54, 1.807) is 35.5 Å². The number of carbonyl (C=O) groups is 1. The maximum Gasteiger partial charge on any atom is 0.203 e.